The lowest BCUT2D eigenvalue weighted by molar-refractivity contribution is 0.164. The van der Waals surface area contributed by atoms with Crippen LogP contribution in [0.4, 0.5) is 0 Å². The normalized spacial score (nSPS) is 19.8. The van der Waals surface area contributed by atoms with E-state index in [0.717, 1.165) is 30.4 Å². The van der Waals surface area contributed by atoms with Crippen LogP contribution in [0.1, 0.15) is 37.2 Å². The highest BCUT2D eigenvalue weighted by Crippen LogP contribution is 2.25. The van der Waals surface area contributed by atoms with E-state index in [1.807, 2.05) is 6.92 Å². The van der Waals surface area contributed by atoms with Gasteiger partial charge in [0.05, 0.1) is 6.07 Å². The Kier molecular flexibility index (Phi) is 3.70. The second-order valence-corrected chi connectivity index (χ2v) is 4.81. The van der Waals surface area contributed by atoms with Gasteiger partial charge in [-0.15, -0.1) is 0 Å². The van der Waals surface area contributed by atoms with Crippen molar-refractivity contribution in [1.82, 2.24) is 14.9 Å². The summed E-state index contributed by atoms with van der Waals surface area (Å²) in [5, 5.41) is 9.32. The Morgan fingerprint density at radius 3 is 2.47 bits per heavy atom. The van der Waals surface area contributed by atoms with E-state index in [2.05, 4.69) is 27.9 Å². The first-order valence-electron chi connectivity index (χ1n) is 6.13. The van der Waals surface area contributed by atoms with E-state index in [4.69, 9.17) is 0 Å². The highest BCUT2D eigenvalue weighted by molar-refractivity contribution is 5.18. The number of hydrogen-bond acceptors (Lipinski definition) is 4. The molecule has 1 aliphatic rings. The Balaban J connectivity index is 2.11. The first-order chi connectivity index (χ1) is 8.20. The van der Waals surface area contributed by atoms with Crippen LogP contribution in [0.3, 0.4) is 0 Å². The van der Waals surface area contributed by atoms with Crippen molar-refractivity contribution in [1.29, 1.82) is 5.26 Å². The Morgan fingerprint density at radius 1 is 1.35 bits per heavy atom. The molecule has 0 aromatic carbocycles. The number of piperidine rings is 1. The minimum absolute atomic E-state index is 0.192. The Bertz CT molecular complexity index is 398. The summed E-state index contributed by atoms with van der Waals surface area (Å²) < 4.78 is 0. The quantitative estimate of drug-likeness (QED) is 0.780. The van der Waals surface area contributed by atoms with Crippen LogP contribution >= 0.6 is 0 Å². The average Bonchev–Trinajstić information content (AvgIpc) is 2.35. The molecular formula is C13H18N4. The van der Waals surface area contributed by atoms with E-state index in [0.29, 0.717) is 0 Å². The lowest BCUT2D eigenvalue weighted by Crippen LogP contribution is -2.35. The summed E-state index contributed by atoms with van der Waals surface area (Å²) in [6.07, 6.45) is 5.89. The van der Waals surface area contributed by atoms with Crippen LogP contribution in [0.25, 0.3) is 0 Å². The third-order valence-corrected chi connectivity index (χ3v) is 3.42. The standard InChI is InChI=1S/C13H18N4/c1-10-3-5-17(6-4-10)13(7-14)12-8-15-11(2)16-9-12/h8-10,13H,3-6H2,1-2H3. The molecule has 17 heavy (non-hydrogen) atoms. The summed E-state index contributed by atoms with van der Waals surface area (Å²) >= 11 is 0. The number of hydrogen-bond donors (Lipinski definition) is 0. The van der Waals surface area contributed by atoms with Gasteiger partial charge in [0, 0.05) is 18.0 Å². The van der Waals surface area contributed by atoms with Crippen LogP contribution in [-0.2, 0) is 0 Å². The molecular weight excluding hydrogens is 212 g/mol. The van der Waals surface area contributed by atoms with Gasteiger partial charge in [-0.3, -0.25) is 4.90 Å². The highest BCUT2D eigenvalue weighted by atomic mass is 15.2. The van der Waals surface area contributed by atoms with E-state index in [9.17, 15) is 5.26 Å². The summed E-state index contributed by atoms with van der Waals surface area (Å²) in [4.78, 5) is 10.6. The summed E-state index contributed by atoms with van der Waals surface area (Å²) in [6, 6.07) is 2.18. The lowest BCUT2D eigenvalue weighted by Gasteiger charge is -2.33. The van der Waals surface area contributed by atoms with Crippen molar-refractivity contribution in [2.24, 2.45) is 5.92 Å². The van der Waals surface area contributed by atoms with Crippen molar-refractivity contribution >= 4 is 0 Å². The zero-order chi connectivity index (χ0) is 12.3. The van der Waals surface area contributed by atoms with Crippen molar-refractivity contribution in [3.63, 3.8) is 0 Å². The topological polar surface area (TPSA) is 52.8 Å². The number of aryl methyl sites for hydroxylation is 1. The molecule has 2 rings (SSSR count). The second-order valence-electron chi connectivity index (χ2n) is 4.81. The molecule has 4 nitrogen and oxygen atoms in total. The molecule has 0 bridgehead atoms. The maximum absolute atomic E-state index is 9.32. The predicted octanol–water partition coefficient (Wildman–Crippen LogP) is 2.08. The first-order valence-corrected chi connectivity index (χ1v) is 6.13. The lowest BCUT2D eigenvalue weighted by atomic mass is 9.97. The summed E-state index contributed by atoms with van der Waals surface area (Å²) in [7, 11) is 0. The van der Waals surface area contributed by atoms with Crippen molar-refractivity contribution in [2.75, 3.05) is 13.1 Å². The van der Waals surface area contributed by atoms with Gasteiger partial charge >= 0.3 is 0 Å². The van der Waals surface area contributed by atoms with Gasteiger partial charge in [-0.1, -0.05) is 6.92 Å². The van der Waals surface area contributed by atoms with Gasteiger partial charge in [-0.05, 0) is 38.8 Å². The van der Waals surface area contributed by atoms with Crippen molar-refractivity contribution in [2.45, 2.75) is 32.7 Å². The molecule has 0 aliphatic carbocycles. The molecule has 4 heteroatoms. The van der Waals surface area contributed by atoms with Gasteiger partial charge < -0.3 is 0 Å². The zero-order valence-corrected chi connectivity index (χ0v) is 10.4. The average molecular weight is 230 g/mol. The van der Waals surface area contributed by atoms with Crippen LogP contribution in [0, 0.1) is 24.2 Å². The van der Waals surface area contributed by atoms with Crippen molar-refractivity contribution in [3.8, 4) is 6.07 Å². The van der Waals surface area contributed by atoms with Gasteiger partial charge in [0.1, 0.15) is 11.9 Å². The Morgan fingerprint density at radius 2 is 1.94 bits per heavy atom. The van der Waals surface area contributed by atoms with Crippen LogP contribution < -0.4 is 0 Å². The molecule has 0 radical (unpaired) electrons. The molecule has 1 aromatic heterocycles. The van der Waals surface area contributed by atoms with E-state index in [1.54, 1.807) is 12.4 Å². The fourth-order valence-corrected chi connectivity index (χ4v) is 2.20. The zero-order valence-electron chi connectivity index (χ0n) is 10.4. The van der Waals surface area contributed by atoms with Crippen molar-refractivity contribution < 1.29 is 0 Å². The number of rotatable bonds is 2. The Hall–Kier alpha value is -1.47. The second kappa shape index (κ2) is 5.24. The molecule has 0 spiro atoms. The van der Waals surface area contributed by atoms with Gasteiger partial charge in [0.25, 0.3) is 0 Å². The highest BCUT2D eigenvalue weighted by Gasteiger charge is 2.24. The number of nitrogens with zero attached hydrogens (tertiary/aromatic N) is 4. The molecule has 0 amide bonds. The monoisotopic (exact) mass is 230 g/mol. The number of likely N-dealkylation sites (tertiary alicyclic amines) is 1. The molecule has 1 aliphatic heterocycles. The van der Waals surface area contributed by atoms with E-state index in [-0.39, 0.29) is 6.04 Å². The fraction of sp³-hybridized carbons (Fsp3) is 0.615. The third kappa shape index (κ3) is 2.80. The molecule has 1 atom stereocenters. The molecule has 1 fully saturated rings. The number of aromatic nitrogens is 2. The summed E-state index contributed by atoms with van der Waals surface area (Å²) in [6.45, 7) is 6.11. The molecule has 1 saturated heterocycles. The van der Waals surface area contributed by atoms with E-state index in [1.165, 1.54) is 12.8 Å². The smallest absolute Gasteiger partial charge is 0.126 e. The van der Waals surface area contributed by atoms with Crippen LogP contribution in [-0.4, -0.2) is 28.0 Å². The summed E-state index contributed by atoms with van der Waals surface area (Å²) in [5.41, 5.74) is 0.910. The van der Waals surface area contributed by atoms with E-state index < -0.39 is 0 Å². The molecule has 1 aromatic rings. The minimum Gasteiger partial charge on any atom is -0.284 e. The molecule has 1 unspecified atom stereocenters. The van der Waals surface area contributed by atoms with Crippen molar-refractivity contribution in [3.05, 3.63) is 23.8 Å². The van der Waals surface area contributed by atoms with Gasteiger partial charge in [-0.25, -0.2) is 9.97 Å². The van der Waals surface area contributed by atoms with Gasteiger partial charge in [-0.2, -0.15) is 5.26 Å². The third-order valence-electron chi connectivity index (χ3n) is 3.42. The van der Waals surface area contributed by atoms with Crippen LogP contribution in [0.5, 0.6) is 0 Å². The minimum atomic E-state index is -0.192. The Labute approximate surface area is 102 Å². The van der Waals surface area contributed by atoms with E-state index >= 15 is 0 Å². The largest absolute Gasteiger partial charge is 0.284 e. The first kappa shape index (κ1) is 12.0. The predicted molar refractivity (Wildman–Crippen MR) is 65.1 cm³/mol. The van der Waals surface area contributed by atoms with Gasteiger partial charge in [0.2, 0.25) is 0 Å². The summed E-state index contributed by atoms with van der Waals surface area (Å²) in [5.74, 6) is 1.53. The number of nitriles is 1. The molecule has 0 N–H and O–H groups in total. The van der Waals surface area contributed by atoms with Crippen LogP contribution in [0.2, 0.25) is 0 Å². The maximum atomic E-state index is 9.32. The SMILES string of the molecule is Cc1ncc(C(C#N)N2CCC(C)CC2)cn1. The molecule has 0 saturated carbocycles. The van der Waals surface area contributed by atoms with Gasteiger partial charge in [0.15, 0.2) is 0 Å². The fourth-order valence-electron chi connectivity index (χ4n) is 2.20. The molecule has 90 valence electrons. The maximum Gasteiger partial charge on any atom is 0.126 e. The molecule has 2 heterocycles. The van der Waals surface area contributed by atoms with Crippen LogP contribution in [0.15, 0.2) is 12.4 Å².